The van der Waals surface area contributed by atoms with Crippen LogP contribution in [0.4, 0.5) is 5.69 Å². The molecule has 1 heterocycles. The van der Waals surface area contributed by atoms with Crippen molar-refractivity contribution in [1.82, 2.24) is 10.3 Å². The van der Waals surface area contributed by atoms with Crippen LogP contribution in [0.1, 0.15) is 30.7 Å². The number of amides is 1. The van der Waals surface area contributed by atoms with Crippen LogP contribution in [-0.2, 0) is 4.79 Å². The normalized spacial score (nSPS) is 13.8. The summed E-state index contributed by atoms with van der Waals surface area (Å²) in [7, 11) is 0. The molecular formula is C21H20N4O. The highest BCUT2D eigenvalue weighted by Crippen LogP contribution is 2.42. The van der Waals surface area contributed by atoms with E-state index in [1.165, 1.54) is 24.8 Å². The van der Waals surface area contributed by atoms with Crippen LogP contribution in [0.3, 0.4) is 0 Å². The van der Waals surface area contributed by atoms with Gasteiger partial charge in [-0.2, -0.15) is 0 Å². The third-order valence-electron chi connectivity index (χ3n) is 4.94. The van der Waals surface area contributed by atoms with Crippen molar-refractivity contribution in [3.05, 3.63) is 60.2 Å². The van der Waals surface area contributed by atoms with Crippen molar-refractivity contribution in [1.29, 1.82) is 5.41 Å². The van der Waals surface area contributed by atoms with Crippen LogP contribution in [0.15, 0.2) is 54.6 Å². The maximum absolute atomic E-state index is 10.7. The summed E-state index contributed by atoms with van der Waals surface area (Å²) < 4.78 is 0. The Morgan fingerprint density at radius 2 is 1.92 bits per heavy atom. The lowest BCUT2D eigenvalue weighted by atomic mass is 9.78. The molecule has 0 radical (unpaired) electrons. The number of hydrogen-bond acceptors (Lipinski definition) is 3. The van der Waals surface area contributed by atoms with Gasteiger partial charge in [0.15, 0.2) is 5.96 Å². The minimum absolute atomic E-state index is 0.0464. The monoisotopic (exact) mass is 344 g/mol. The Hall–Kier alpha value is -3.21. The third-order valence-corrected chi connectivity index (χ3v) is 4.94. The van der Waals surface area contributed by atoms with Crippen molar-refractivity contribution in [2.45, 2.75) is 25.2 Å². The van der Waals surface area contributed by atoms with E-state index in [-0.39, 0.29) is 5.96 Å². The van der Waals surface area contributed by atoms with Crippen molar-refractivity contribution in [2.75, 3.05) is 5.32 Å². The molecule has 1 amide bonds. The second kappa shape index (κ2) is 6.96. The molecule has 1 aromatic heterocycles. The number of guanidine groups is 1. The number of rotatable bonds is 4. The van der Waals surface area contributed by atoms with E-state index in [2.05, 4.69) is 22.8 Å². The van der Waals surface area contributed by atoms with Gasteiger partial charge in [0.05, 0.1) is 16.9 Å². The van der Waals surface area contributed by atoms with Gasteiger partial charge in [0.1, 0.15) is 0 Å². The summed E-state index contributed by atoms with van der Waals surface area (Å²) in [6.07, 6.45) is 4.12. The number of hydrogen-bond donors (Lipinski definition) is 3. The smallest absolute Gasteiger partial charge is 0.213 e. The highest BCUT2D eigenvalue weighted by molar-refractivity contribution is 6.06. The molecule has 0 unspecified atom stereocenters. The Kier molecular flexibility index (Phi) is 4.35. The summed E-state index contributed by atoms with van der Waals surface area (Å²) in [5.74, 6) is 0.492. The third kappa shape index (κ3) is 3.04. The number of anilines is 1. The van der Waals surface area contributed by atoms with E-state index in [0.29, 0.717) is 12.3 Å². The van der Waals surface area contributed by atoms with Crippen LogP contribution in [-0.4, -0.2) is 17.4 Å². The molecule has 130 valence electrons. The van der Waals surface area contributed by atoms with Crippen LogP contribution < -0.4 is 10.6 Å². The van der Waals surface area contributed by atoms with Gasteiger partial charge in [0, 0.05) is 10.9 Å². The van der Waals surface area contributed by atoms with Gasteiger partial charge in [-0.3, -0.25) is 15.5 Å². The lowest BCUT2D eigenvalue weighted by molar-refractivity contribution is -0.108. The average Bonchev–Trinajstić information content (AvgIpc) is 2.61. The van der Waals surface area contributed by atoms with Gasteiger partial charge in [-0.05, 0) is 36.5 Å². The molecule has 0 spiro atoms. The van der Waals surface area contributed by atoms with Gasteiger partial charge in [0.25, 0.3) is 0 Å². The predicted octanol–water partition coefficient (Wildman–Crippen LogP) is 4.26. The van der Waals surface area contributed by atoms with Crippen LogP contribution in [0, 0.1) is 5.41 Å². The molecule has 1 aliphatic carbocycles. The van der Waals surface area contributed by atoms with Crippen molar-refractivity contribution in [3.63, 3.8) is 0 Å². The predicted molar refractivity (Wildman–Crippen MR) is 104 cm³/mol. The van der Waals surface area contributed by atoms with Gasteiger partial charge < -0.3 is 5.32 Å². The van der Waals surface area contributed by atoms with E-state index in [4.69, 9.17) is 10.4 Å². The number of nitrogens with zero attached hydrogens (tertiary/aromatic N) is 1. The first-order valence-corrected chi connectivity index (χ1v) is 8.81. The largest absolute Gasteiger partial charge is 0.325 e. The van der Waals surface area contributed by atoms with Gasteiger partial charge in [-0.25, -0.2) is 4.98 Å². The fourth-order valence-electron chi connectivity index (χ4n) is 3.46. The summed E-state index contributed by atoms with van der Waals surface area (Å²) in [5.41, 5.74) is 4.82. The lowest BCUT2D eigenvalue weighted by Crippen LogP contribution is -2.28. The zero-order valence-electron chi connectivity index (χ0n) is 14.3. The van der Waals surface area contributed by atoms with E-state index in [9.17, 15) is 4.79 Å². The highest BCUT2D eigenvalue weighted by atomic mass is 16.1. The van der Waals surface area contributed by atoms with Crippen molar-refractivity contribution in [3.8, 4) is 11.3 Å². The van der Waals surface area contributed by atoms with Gasteiger partial charge in [-0.15, -0.1) is 0 Å². The first-order valence-electron chi connectivity index (χ1n) is 8.81. The van der Waals surface area contributed by atoms with E-state index < -0.39 is 0 Å². The molecule has 26 heavy (non-hydrogen) atoms. The topological polar surface area (TPSA) is 77.9 Å². The number of benzene rings is 2. The quantitative estimate of drug-likeness (QED) is 0.376. The number of aromatic nitrogens is 1. The summed E-state index contributed by atoms with van der Waals surface area (Å²) in [6.45, 7) is 0. The van der Waals surface area contributed by atoms with Crippen molar-refractivity contribution < 1.29 is 4.79 Å². The molecule has 1 fully saturated rings. The number of pyridine rings is 1. The van der Waals surface area contributed by atoms with E-state index in [1.54, 1.807) is 0 Å². The molecule has 0 bridgehead atoms. The molecule has 5 nitrogen and oxygen atoms in total. The molecule has 1 saturated carbocycles. The molecule has 0 saturated heterocycles. The van der Waals surface area contributed by atoms with E-state index in [0.717, 1.165) is 27.8 Å². The summed E-state index contributed by atoms with van der Waals surface area (Å²) in [4.78, 5) is 15.5. The molecule has 4 rings (SSSR count). The molecule has 3 N–H and O–H groups in total. The Balaban J connectivity index is 1.89. The maximum Gasteiger partial charge on any atom is 0.213 e. The standard InChI is InChI=1S/C21H20N4O/c22-21(23-13-26)25-19-12-18(15-6-2-1-3-7-15)24-17-11-5-10-16(20(17)19)14-8-4-9-14/h1-3,5-7,10-14H,4,8-9H2,(H3,22,23,24,25,26). The van der Waals surface area contributed by atoms with Crippen molar-refractivity contribution >= 4 is 29.0 Å². The maximum atomic E-state index is 10.7. The zero-order valence-corrected chi connectivity index (χ0v) is 14.3. The van der Waals surface area contributed by atoms with Crippen LogP contribution in [0.5, 0.6) is 0 Å². The highest BCUT2D eigenvalue weighted by Gasteiger charge is 2.23. The van der Waals surface area contributed by atoms with Crippen LogP contribution in [0.2, 0.25) is 0 Å². The summed E-state index contributed by atoms with van der Waals surface area (Å²) >= 11 is 0. The second-order valence-corrected chi connectivity index (χ2v) is 6.55. The minimum Gasteiger partial charge on any atom is -0.325 e. The Morgan fingerprint density at radius 1 is 1.12 bits per heavy atom. The Labute approximate surface area is 152 Å². The molecule has 3 aromatic rings. The summed E-state index contributed by atoms with van der Waals surface area (Å²) in [5, 5.41) is 14.4. The van der Waals surface area contributed by atoms with Crippen LogP contribution >= 0.6 is 0 Å². The summed E-state index contributed by atoms with van der Waals surface area (Å²) in [6, 6.07) is 18.1. The molecule has 1 aliphatic rings. The lowest BCUT2D eigenvalue weighted by Gasteiger charge is -2.28. The number of carbonyl (C=O) groups excluding carboxylic acids is 1. The van der Waals surface area contributed by atoms with Crippen molar-refractivity contribution in [2.24, 2.45) is 0 Å². The number of fused-ring (bicyclic) bond motifs is 1. The minimum atomic E-state index is -0.0464. The van der Waals surface area contributed by atoms with Crippen LogP contribution in [0.25, 0.3) is 22.2 Å². The van der Waals surface area contributed by atoms with Gasteiger partial charge >= 0.3 is 0 Å². The molecule has 2 aromatic carbocycles. The Morgan fingerprint density at radius 3 is 2.62 bits per heavy atom. The average molecular weight is 344 g/mol. The van der Waals surface area contributed by atoms with Gasteiger partial charge in [-0.1, -0.05) is 48.9 Å². The van der Waals surface area contributed by atoms with E-state index in [1.807, 2.05) is 42.5 Å². The number of carbonyl (C=O) groups is 1. The van der Waals surface area contributed by atoms with E-state index >= 15 is 0 Å². The fourth-order valence-corrected chi connectivity index (χ4v) is 3.46. The van der Waals surface area contributed by atoms with Gasteiger partial charge in [0.2, 0.25) is 6.41 Å². The SMILES string of the molecule is N=C(NC=O)Nc1cc(-c2ccccc2)nc2cccc(C3CCC3)c12. The zero-order chi connectivity index (χ0) is 17.9. The molecular weight excluding hydrogens is 324 g/mol. The Bertz CT molecular complexity index is 964. The fraction of sp³-hybridized carbons (Fsp3) is 0.190. The molecule has 0 atom stereocenters. The first kappa shape index (κ1) is 16.3. The number of nitrogens with one attached hydrogen (secondary N) is 3. The first-order chi connectivity index (χ1) is 12.8. The molecule has 0 aliphatic heterocycles. The second-order valence-electron chi connectivity index (χ2n) is 6.55. The molecule has 5 heteroatoms.